The fourth-order valence-electron chi connectivity index (χ4n) is 2.67. The van der Waals surface area contributed by atoms with Crippen molar-refractivity contribution < 1.29 is 5.11 Å². The maximum absolute atomic E-state index is 9.74. The summed E-state index contributed by atoms with van der Waals surface area (Å²) in [6.07, 6.45) is 2.11. The van der Waals surface area contributed by atoms with E-state index in [0.717, 1.165) is 25.9 Å². The molecule has 0 saturated heterocycles. The molecular weight excluding hydrogens is 258 g/mol. The standard InChI is InChI=1S/C19H25NO/c1-2-9-19(16-21)20(14-17-10-5-3-6-11-17)15-18-12-7-4-8-13-18/h3-8,10-13,19,21H,2,9,14-16H2,1H3/t19-/m0/s1. The molecular formula is C19H25NO. The lowest BCUT2D eigenvalue weighted by atomic mass is 10.1. The van der Waals surface area contributed by atoms with Gasteiger partial charge in [-0.05, 0) is 17.5 Å². The van der Waals surface area contributed by atoms with Crippen molar-refractivity contribution >= 4 is 0 Å². The molecule has 0 saturated carbocycles. The van der Waals surface area contributed by atoms with Crippen molar-refractivity contribution in [3.8, 4) is 0 Å². The van der Waals surface area contributed by atoms with Crippen LogP contribution in [0.5, 0.6) is 0 Å². The summed E-state index contributed by atoms with van der Waals surface area (Å²) < 4.78 is 0. The Labute approximate surface area is 128 Å². The second-order valence-electron chi connectivity index (χ2n) is 5.50. The van der Waals surface area contributed by atoms with E-state index < -0.39 is 0 Å². The van der Waals surface area contributed by atoms with Crippen molar-refractivity contribution in [2.45, 2.75) is 38.9 Å². The summed E-state index contributed by atoms with van der Waals surface area (Å²) in [5, 5.41) is 9.74. The molecule has 0 aliphatic carbocycles. The molecule has 2 aromatic carbocycles. The van der Waals surface area contributed by atoms with E-state index in [4.69, 9.17) is 0 Å². The highest BCUT2D eigenvalue weighted by Gasteiger charge is 2.17. The van der Waals surface area contributed by atoms with Gasteiger partial charge in [-0.25, -0.2) is 0 Å². The lowest BCUT2D eigenvalue weighted by Gasteiger charge is -2.30. The maximum Gasteiger partial charge on any atom is 0.0587 e. The first kappa shape index (κ1) is 15.7. The van der Waals surface area contributed by atoms with Crippen LogP contribution in [-0.4, -0.2) is 22.7 Å². The molecule has 0 aromatic heterocycles. The predicted octanol–water partition coefficient (Wildman–Crippen LogP) is 3.85. The van der Waals surface area contributed by atoms with Crippen molar-refractivity contribution in [1.29, 1.82) is 0 Å². The third-order valence-electron chi connectivity index (χ3n) is 3.81. The van der Waals surface area contributed by atoms with Crippen LogP contribution in [0.4, 0.5) is 0 Å². The van der Waals surface area contributed by atoms with Crippen LogP contribution in [0.3, 0.4) is 0 Å². The average molecular weight is 283 g/mol. The van der Waals surface area contributed by atoms with Gasteiger partial charge in [0.05, 0.1) is 6.61 Å². The van der Waals surface area contributed by atoms with Crippen molar-refractivity contribution in [3.05, 3.63) is 71.8 Å². The number of rotatable bonds is 8. The van der Waals surface area contributed by atoms with Gasteiger partial charge in [0.25, 0.3) is 0 Å². The smallest absolute Gasteiger partial charge is 0.0587 e. The van der Waals surface area contributed by atoms with E-state index in [-0.39, 0.29) is 12.6 Å². The number of aliphatic hydroxyl groups excluding tert-OH is 1. The molecule has 2 aromatic rings. The minimum absolute atomic E-state index is 0.216. The van der Waals surface area contributed by atoms with Crippen LogP contribution in [0, 0.1) is 0 Å². The second-order valence-corrected chi connectivity index (χ2v) is 5.50. The van der Waals surface area contributed by atoms with Crippen LogP contribution in [0.1, 0.15) is 30.9 Å². The van der Waals surface area contributed by atoms with Crippen molar-refractivity contribution in [2.24, 2.45) is 0 Å². The molecule has 2 heteroatoms. The first-order valence-electron chi connectivity index (χ1n) is 7.76. The third-order valence-corrected chi connectivity index (χ3v) is 3.81. The van der Waals surface area contributed by atoms with Gasteiger partial charge in [-0.15, -0.1) is 0 Å². The summed E-state index contributed by atoms with van der Waals surface area (Å²) >= 11 is 0. The van der Waals surface area contributed by atoms with Crippen molar-refractivity contribution in [3.63, 3.8) is 0 Å². The monoisotopic (exact) mass is 283 g/mol. The fourth-order valence-corrected chi connectivity index (χ4v) is 2.67. The molecule has 0 radical (unpaired) electrons. The molecule has 2 rings (SSSR count). The Bertz CT molecular complexity index is 456. The van der Waals surface area contributed by atoms with Crippen molar-refractivity contribution in [1.82, 2.24) is 4.90 Å². The Hall–Kier alpha value is -1.64. The van der Waals surface area contributed by atoms with Gasteiger partial charge in [-0.2, -0.15) is 0 Å². The van der Waals surface area contributed by atoms with Crippen molar-refractivity contribution in [2.75, 3.05) is 6.61 Å². The van der Waals surface area contributed by atoms with E-state index >= 15 is 0 Å². The Morgan fingerprint density at radius 2 is 1.33 bits per heavy atom. The number of benzene rings is 2. The molecule has 21 heavy (non-hydrogen) atoms. The lowest BCUT2D eigenvalue weighted by Crippen LogP contribution is -2.37. The number of hydrogen-bond donors (Lipinski definition) is 1. The Morgan fingerprint density at radius 1 is 0.857 bits per heavy atom. The zero-order chi connectivity index (χ0) is 14.9. The quantitative estimate of drug-likeness (QED) is 0.795. The molecule has 1 atom stereocenters. The molecule has 0 heterocycles. The topological polar surface area (TPSA) is 23.5 Å². The van der Waals surface area contributed by atoms with E-state index in [9.17, 15) is 5.11 Å². The van der Waals surface area contributed by atoms with Gasteiger partial charge < -0.3 is 5.11 Å². The van der Waals surface area contributed by atoms with E-state index in [0.29, 0.717) is 0 Å². The van der Waals surface area contributed by atoms with E-state index in [1.54, 1.807) is 0 Å². The summed E-state index contributed by atoms with van der Waals surface area (Å²) in [6.45, 7) is 4.14. The second kappa shape index (κ2) is 8.60. The van der Waals surface area contributed by atoms with Gasteiger partial charge in [0.15, 0.2) is 0 Å². The van der Waals surface area contributed by atoms with Crippen LogP contribution in [0.25, 0.3) is 0 Å². The first-order chi connectivity index (χ1) is 10.3. The molecule has 0 aliphatic rings. The molecule has 0 spiro atoms. The van der Waals surface area contributed by atoms with E-state index in [1.807, 2.05) is 12.1 Å². The number of nitrogens with zero attached hydrogens (tertiary/aromatic N) is 1. The van der Waals surface area contributed by atoms with Gasteiger partial charge in [0.2, 0.25) is 0 Å². The minimum atomic E-state index is 0.216. The molecule has 0 unspecified atom stereocenters. The van der Waals surface area contributed by atoms with Gasteiger partial charge in [0.1, 0.15) is 0 Å². The Balaban J connectivity index is 2.13. The molecule has 0 bridgehead atoms. The SMILES string of the molecule is CCC[C@@H](CO)N(Cc1ccccc1)Cc1ccccc1. The fraction of sp³-hybridized carbons (Fsp3) is 0.368. The van der Waals surface area contributed by atoms with Gasteiger partial charge in [0, 0.05) is 19.1 Å². The maximum atomic E-state index is 9.74. The number of hydrogen-bond acceptors (Lipinski definition) is 2. The van der Waals surface area contributed by atoms with Gasteiger partial charge >= 0.3 is 0 Å². The van der Waals surface area contributed by atoms with E-state index in [1.165, 1.54) is 11.1 Å². The summed E-state index contributed by atoms with van der Waals surface area (Å²) in [6, 6.07) is 21.2. The summed E-state index contributed by atoms with van der Waals surface area (Å²) in [5.41, 5.74) is 2.59. The molecule has 1 N–H and O–H groups in total. The molecule has 2 nitrogen and oxygen atoms in total. The van der Waals surface area contributed by atoms with Crippen LogP contribution in [0.15, 0.2) is 60.7 Å². The highest BCUT2D eigenvalue weighted by atomic mass is 16.3. The predicted molar refractivity (Wildman–Crippen MR) is 87.9 cm³/mol. The highest BCUT2D eigenvalue weighted by molar-refractivity contribution is 5.17. The molecule has 0 fully saturated rings. The summed E-state index contributed by atoms with van der Waals surface area (Å²) in [7, 11) is 0. The van der Waals surface area contributed by atoms with E-state index in [2.05, 4.69) is 60.4 Å². The zero-order valence-electron chi connectivity index (χ0n) is 12.8. The highest BCUT2D eigenvalue weighted by Crippen LogP contribution is 2.16. The average Bonchev–Trinajstić information content (AvgIpc) is 2.54. The van der Waals surface area contributed by atoms with Crippen LogP contribution in [-0.2, 0) is 13.1 Å². The summed E-state index contributed by atoms with van der Waals surface area (Å²) in [4.78, 5) is 2.38. The minimum Gasteiger partial charge on any atom is -0.395 e. The van der Waals surface area contributed by atoms with Crippen LogP contribution in [0.2, 0.25) is 0 Å². The third kappa shape index (κ3) is 5.00. The van der Waals surface area contributed by atoms with Crippen LogP contribution < -0.4 is 0 Å². The van der Waals surface area contributed by atoms with Crippen LogP contribution >= 0.6 is 0 Å². The normalized spacial score (nSPS) is 12.5. The first-order valence-corrected chi connectivity index (χ1v) is 7.76. The molecule has 112 valence electrons. The Morgan fingerprint density at radius 3 is 1.71 bits per heavy atom. The summed E-state index contributed by atoms with van der Waals surface area (Å²) in [5.74, 6) is 0. The molecule has 0 aliphatic heterocycles. The lowest BCUT2D eigenvalue weighted by molar-refractivity contribution is 0.103. The molecule has 0 amide bonds. The largest absolute Gasteiger partial charge is 0.395 e. The zero-order valence-corrected chi connectivity index (χ0v) is 12.8. The Kier molecular flexibility index (Phi) is 6.45. The number of aliphatic hydroxyl groups is 1. The van der Waals surface area contributed by atoms with Gasteiger partial charge in [-0.1, -0.05) is 74.0 Å². The van der Waals surface area contributed by atoms with Gasteiger partial charge in [-0.3, -0.25) is 4.90 Å².